The van der Waals surface area contributed by atoms with Gasteiger partial charge in [-0.05, 0) is 51.5 Å². The molecular weight excluding hydrogens is 476 g/mol. The molecule has 170 valence electrons. The van der Waals surface area contributed by atoms with Crippen LogP contribution in [0.1, 0.15) is 43.2 Å². The minimum atomic E-state index is -2.81. The Labute approximate surface area is 195 Å². The summed E-state index contributed by atoms with van der Waals surface area (Å²) in [6.07, 6.45) is 1.80. The van der Waals surface area contributed by atoms with E-state index in [9.17, 15) is 9.00 Å². The Morgan fingerprint density at radius 1 is 1.28 bits per heavy atom. The molecule has 3 N–H and O–H groups in total. The third-order valence-electron chi connectivity index (χ3n) is 6.18. The number of carbonyl (C=O) groups is 1. The quantitative estimate of drug-likeness (QED) is 0.654. The van der Waals surface area contributed by atoms with Crippen LogP contribution in [0.5, 0.6) is 0 Å². The van der Waals surface area contributed by atoms with Crippen LogP contribution >= 0.6 is 23.2 Å². The number of carbonyl (C=O) groups excluding carboxylic acids is 1. The fourth-order valence-corrected chi connectivity index (χ4v) is 7.90. The van der Waals surface area contributed by atoms with Gasteiger partial charge >= 0.3 is 0 Å². The van der Waals surface area contributed by atoms with Crippen LogP contribution in [0.2, 0.25) is 10.0 Å². The second-order valence-corrected chi connectivity index (χ2v) is 12.3. The lowest BCUT2D eigenvalue weighted by Gasteiger charge is -2.44. The summed E-state index contributed by atoms with van der Waals surface area (Å²) in [6, 6.07) is 5.53. The van der Waals surface area contributed by atoms with E-state index >= 15 is 4.39 Å². The maximum atomic E-state index is 15.1. The molecule has 2 aromatic rings. The molecule has 1 amide bonds. The molecule has 11 heteroatoms. The van der Waals surface area contributed by atoms with Gasteiger partial charge in [-0.25, -0.2) is 17.9 Å². The summed E-state index contributed by atoms with van der Waals surface area (Å²) < 4.78 is 32.5. The van der Waals surface area contributed by atoms with Gasteiger partial charge in [-0.2, -0.15) is 0 Å². The van der Waals surface area contributed by atoms with E-state index in [0.29, 0.717) is 23.7 Å². The van der Waals surface area contributed by atoms with Gasteiger partial charge in [-0.3, -0.25) is 9.79 Å². The van der Waals surface area contributed by atoms with Crippen LogP contribution in [0.3, 0.4) is 0 Å². The van der Waals surface area contributed by atoms with Crippen molar-refractivity contribution in [2.75, 3.05) is 11.9 Å². The highest BCUT2D eigenvalue weighted by Crippen LogP contribution is 2.48. The van der Waals surface area contributed by atoms with Crippen LogP contribution < -0.4 is 11.1 Å². The van der Waals surface area contributed by atoms with Gasteiger partial charge in [0.2, 0.25) is 0 Å². The number of amidine groups is 1. The third-order valence-corrected chi connectivity index (χ3v) is 10.4. The van der Waals surface area contributed by atoms with Gasteiger partial charge in [0, 0.05) is 24.0 Å². The Kier molecular flexibility index (Phi) is 5.50. The summed E-state index contributed by atoms with van der Waals surface area (Å²) in [4.78, 5) is 21.3. The van der Waals surface area contributed by atoms with Crippen molar-refractivity contribution >= 4 is 50.4 Å². The molecular formula is C21H22Cl2FN5O2S. The van der Waals surface area contributed by atoms with Crippen LogP contribution in [0.25, 0.3) is 0 Å². The molecule has 2 aliphatic heterocycles. The summed E-state index contributed by atoms with van der Waals surface area (Å²) >= 11 is 11.9. The van der Waals surface area contributed by atoms with Crippen molar-refractivity contribution in [3.05, 3.63) is 57.6 Å². The van der Waals surface area contributed by atoms with Gasteiger partial charge in [0.25, 0.3) is 5.91 Å². The van der Waals surface area contributed by atoms with Crippen LogP contribution in [-0.2, 0) is 15.3 Å². The van der Waals surface area contributed by atoms with E-state index in [2.05, 4.69) is 19.7 Å². The molecule has 0 unspecified atom stereocenters. The second kappa shape index (κ2) is 7.67. The SMILES string of the molecule is CC1(C)C(N)=N[C@](C)(c2cc(NC(=O)c3ncc(Cl)cc3Cl)ccc2F)[C@@H]2CCN=[S@@]21=O. The summed E-state index contributed by atoms with van der Waals surface area (Å²) in [5, 5.41) is 2.53. The topological polar surface area (TPSA) is 110 Å². The fraction of sp³-hybridized carbons (Fsp3) is 0.381. The van der Waals surface area contributed by atoms with Crippen LogP contribution in [0.15, 0.2) is 39.8 Å². The lowest BCUT2D eigenvalue weighted by Crippen LogP contribution is -2.58. The first-order valence-corrected chi connectivity index (χ1v) is 12.2. The van der Waals surface area contributed by atoms with Crippen molar-refractivity contribution in [1.29, 1.82) is 0 Å². The monoisotopic (exact) mass is 497 g/mol. The molecule has 0 aliphatic carbocycles. The highest BCUT2D eigenvalue weighted by Gasteiger charge is 2.56. The molecule has 0 fully saturated rings. The smallest absolute Gasteiger partial charge is 0.275 e. The van der Waals surface area contributed by atoms with Crippen LogP contribution in [-0.4, -0.2) is 37.5 Å². The van der Waals surface area contributed by atoms with E-state index in [1.54, 1.807) is 20.8 Å². The Morgan fingerprint density at radius 3 is 2.69 bits per heavy atom. The largest absolute Gasteiger partial charge is 0.386 e. The Bertz CT molecular complexity index is 1290. The van der Waals surface area contributed by atoms with Crippen LogP contribution in [0.4, 0.5) is 10.1 Å². The first-order valence-electron chi connectivity index (χ1n) is 9.90. The average Bonchev–Trinajstić information content (AvgIpc) is 3.13. The number of rotatable bonds is 3. The molecule has 4 rings (SSSR count). The number of nitrogens with two attached hydrogens (primary N) is 1. The molecule has 0 saturated heterocycles. The predicted octanol–water partition coefficient (Wildman–Crippen LogP) is 4.38. The summed E-state index contributed by atoms with van der Waals surface area (Å²) in [5.74, 6) is -0.960. The zero-order chi connectivity index (χ0) is 23.5. The number of pyridine rings is 1. The number of amides is 1. The first-order chi connectivity index (χ1) is 14.9. The molecule has 1 aromatic heterocycles. The lowest BCUT2D eigenvalue weighted by molar-refractivity contribution is 0.102. The summed E-state index contributed by atoms with van der Waals surface area (Å²) in [7, 11) is -2.81. The number of aromatic nitrogens is 1. The van der Waals surface area contributed by atoms with Crippen molar-refractivity contribution in [3.63, 3.8) is 0 Å². The number of anilines is 1. The minimum Gasteiger partial charge on any atom is -0.386 e. The molecule has 0 bridgehead atoms. The fourth-order valence-electron chi connectivity index (χ4n) is 4.27. The van der Waals surface area contributed by atoms with Crippen molar-refractivity contribution < 1.29 is 13.4 Å². The molecule has 0 saturated carbocycles. The highest BCUT2D eigenvalue weighted by atomic mass is 35.5. The molecule has 2 aliphatic rings. The standard InChI is InChI=1S/C21H22Cl2FN5O2S/c1-20(2)19(25)29-21(3,16-6-7-27-32(16,20)31)13-9-12(4-5-15(13)24)28-18(30)17-14(23)8-11(22)10-26-17/h4-5,8-10,16H,6-7H2,1-3H3,(H2,25,29)(H,28,30)/t16-,21+,32+/m0/s1. The van der Waals surface area contributed by atoms with E-state index in [-0.39, 0.29) is 22.1 Å². The zero-order valence-electron chi connectivity index (χ0n) is 17.7. The van der Waals surface area contributed by atoms with Gasteiger partial charge in [0.05, 0.1) is 25.0 Å². The molecule has 3 heterocycles. The zero-order valence-corrected chi connectivity index (χ0v) is 20.0. The average molecular weight is 498 g/mol. The Hall–Kier alpha value is -2.23. The molecule has 0 spiro atoms. The summed E-state index contributed by atoms with van der Waals surface area (Å²) in [5.41, 5.74) is 5.48. The van der Waals surface area contributed by atoms with Crippen molar-refractivity contribution in [1.82, 2.24) is 4.98 Å². The van der Waals surface area contributed by atoms with E-state index < -0.39 is 37.0 Å². The maximum Gasteiger partial charge on any atom is 0.275 e. The lowest BCUT2D eigenvalue weighted by atomic mass is 9.85. The normalized spacial score (nSPS) is 28.4. The van der Waals surface area contributed by atoms with Gasteiger partial charge in [-0.1, -0.05) is 23.2 Å². The molecule has 7 nitrogen and oxygen atoms in total. The number of nitrogens with zero attached hydrogens (tertiary/aromatic N) is 3. The highest BCUT2D eigenvalue weighted by molar-refractivity contribution is 7.96. The maximum absolute atomic E-state index is 15.1. The number of hydrogen-bond acceptors (Lipinski definition) is 6. The third kappa shape index (κ3) is 3.38. The second-order valence-electron chi connectivity index (χ2n) is 8.49. The van der Waals surface area contributed by atoms with Gasteiger partial charge in [0.15, 0.2) is 0 Å². The molecule has 0 radical (unpaired) electrons. The van der Waals surface area contributed by atoms with Crippen molar-refractivity contribution in [2.45, 2.75) is 42.7 Å². The molecule has 3 atom stereocenters. The number of benzene rings is 1. The first kappa shape index (κ1) is 22.9. The van der Waals surface area contributed by atoms with Gasteiger partial charge in [0.1, 0.15) is 27.6 Å². The predicted molar refractivity (Wildman–Crippen MR) is 126 cm³/mol. The van der Waals surface area contributed by atoms with E-state index in [1.807, 2.05) is 0 Å². The van der Waals surface area contributed by atoms with E-state index in [4.69, 9.17) is 28.9 Å². The Balaban J connectivity index is 1.76. The van der Waals surface area contributed by atoms with E-state index in [0.717, 1.165) is 0 Å². The van der Waals surface area contributed by atoms with Gasteiger partial charge < -0.3 is 11.1 Å². The number of halogens is 3. The number of fused-ring (bicyclic) bond motifs is 1. The Morgan fingerprint density at radius 2 is 2.00 bits per heavy atom. The number of aliphatic imine (C=N–C) groups is 1. The van der Waals surface area contributed by atoms with Gasteiger partial charge in [-0.15, -0.1) is 0 Å². The minimum absolute atomic E-state index is 0.0209. The van der Waals surface area contributed by atoms with E-state index in [1.165, 1.54) is 30.5 Å². The molecule has 32 heavy (non-hydrogen) atoms. The van der Waals surface area contributed by atoms with Crippen LogP contribution in [0, 0.1) is 5.82 Å². The molecule has 1 aromatic carbocycles. The summed E-state index contributed by atoms with van der Waals surface area (Å²) in [6.45, 7) is 5.61. The van der Waals surface area contributed by atoms with Crippen molar-refractivity contribution in [3.8, 4) is 0 Å². The number of nitrogens with one attached hydrogen (secondary N) is 1. The van der Waals surface area contributed by atoms with Crippen molar-refractivity contribution in [2.24, 2.45) is 15.1 Å². The number of hydrogen-bond donors (Lipinski definition) is 2.